The summed E-state index contributed by atoms with van der Waals surface area (Å²) in [7, 11) is 0. The van der Waals surface area contributed by atoms with Crippen LogP contribution in [-0.4, -0.2) is 37.2 Å². The zero-order valence-corrected chi connectivity index (χ0v) is 14.1. The van der Waals surface area contributed by atoms with Gasteiger partial charge in [0.15, 0.2) is 6.04 Å². The van der Waals surface area contributed by atoms with Gasteiger partial charge in [-0.15, -0.1) is 5.10 Å². The lowest BCUT2D eigenvalue weighted by Crippen LogP contribution is -2.35. The van der Waals surface area contributed by atoms with E-state index in [9.17, 15) is 4.79 Å². The molecule has 1 N–H and O–H groups in total. The number of aromatic nitrogens is 5. The largest absolute Gasteiger partial charge is 0.352 e. The third-order valence-corrected chi connectivity index (χ3v) is 4.33. The van der Waals surface area contributed by atoms with Gasteiger partial charge in [-0.3, -0.25) is 4.79 Å². The van der Waals surface area contributed by atoms with Gasteiger partial charge in [0.2, 0.25) is 5.91 Å². The smallest absolute Gasteiger partial charge is 0.249 e. The number of rotatable bonds is 6. The molecule has 2 aromatic heterocycles. The minimum absolute atomic E-state index is 0.139. The summed E-state index contributed by atoms with van der Waals surface area (Å²) < 4.78 is 3.60. The Morgan fingerprint density at radius 1 is 1.04 bits per heavy atom. The summed E-state index contributed by atoms with van der Waals surface area (Å²) in [6.07, 6.45) is 3.49. The molecular formula is C19H18N6O. The van der Waals surface area contributed by atoms with Crippen molar-refractivity contribution in [3.63, 3.8) is 0 Å². The number of amides is 1. The molecular weight excluding hydrogens is 328 g/mol. The molecule has 0 aliphatic heterocycles. The van der Waals surface area contributed by atoms with Crippen LogP contribution >= 0.6 is 0 Å². The van der Waals surface area contributed by atoms with Crippen molar-refractivity contribution in [2.45, 2.75) is 12.6 Å². The maximum Gasteiger partial charge on any atom is 0.249 e. The Morgan fingerprint density at radius 2 is 1.85 bits per heavy atom. The van der Waals surface area contributed by atoms with E-state index in [4.69, 9.17) is 0 Å². The van der Waals surface area contributed by atoms with Crippen LogP contribution in [0.2, 0.25) is 0 Å². The topological polar surface area (TPSA) is 77.6 Å². The van der Waals surface area contributed by atoms with Crippen molar-refractivity contribution in [1.29, 1.82) is 0 Å². The molecule has 7 nitrogen and oxygen atoms in total. The molecule has 4 rings (SSSR count). The molecule has 130 valence electrons. The molecule has 7 heteroatoms. The molecule has 0 fully saturated rings. The van der Waals surface area contributed by atoms with Crippen molar-refractivity contribution in [3.05, 3.63) is 78.8 Å². The zero-order valence-electron chi connectivity index (χ0n) is 14.1. The molecule has 0 radical (unpaired) electrons. The van der Waals surface area contributed by atoms with E-state index in [2.05, 4.69) is 43.6 Å². The first-order valence-corrected chi connectivity index (χ1v) is 8.42. The van der Waals surface area contributed by atoms with Crippen LogP contribution in [0.5, 0.6) is 0 Å². The average molecular weight is 346 g/mol. The van der Waals surface area contributed by atoms with Crippen LogP contribution in [0, 0.1) is 0 Å². The molecule has 0 saturated carbocycles. The summed E-state index contributed by atoms with van der Waals surface area (Å²) in [4.78, 5) is 12.8. The van der Waals surface area contributed by atoms with Crippen LogP contribution < -0.4 is 5.32 Å². The van der Waals surface area contributed by atoms with Crippen LogP contribution in [0.3, 0.4) is 0 Å². The monoisotopic (exact) mass is 346 g/mol. The number of fused-ring (bicyclic) bond motifs is 1. The van der Waals surface area contributed by atoms with E-state index >= 15 is 0 Å². The van der Waals surface area contributed by atoms with E-state index in [0.29, 0.717) is 13.1 Å². The lowest BCUT2D eigenvalue weighted by atomic mass is 10.1. The van der Waals surface area contributed by atoms with E-state index in [1.807, 2.05) is 48.7 Å². The van der Waals surface area contributed by atoms with Crippen molar-refractivity contribution >= 4 is 16.8 Å². The molecule has 1 amide bonds. The van der Waals surface area contributed by atoms with Crippen molar-refractivity contribution in [3.8, 4) is 0 Å². The molecule has 4 aromatic rings. The van der Waals surface area contributed by atoms with Crippen molar-refractivity contribution in [2.24, 2.45) is 0 Å². The lowest BCUT2D eigenvalue weighted by molar-refractivity contribution is -0.123. The number of carbonyl (C=O) groups is 1. The molecule has 0 bridgehead atoms. The highest BCUT2D eigenvalue weighted by Crippen LogP contribution is 2.17. The molecule has 2 heterocycles. The van der Waals surface area contributed by atoms with Crippen molar-refractivity contribution < 1.29 is 4.79 Å². The van der Waals surface area contributed by atoms with Gasteiger partial charge in [0.05, 0.1) is 0 Å². The number of benzene rings is 2. The third-order valence-electron chi connectivity index (χ3n) is 4.33. The van der Waals surface area contributed by atoms with Gasteiger partial charge < -0.3 is 9.88 Å². The fourth-order valence-electron chi connectivity index (χ4n) is 3.08. The van der Waals surface area contributed by atoms with Crippen LogP contribution in [0.15, 0.2) is 73.2 Å². The minimum Gasteiger partial charge on any atom is -0.352 e. The maximum atomic E-state index is 12.8. The highest BCUT2D eigenvalue weighted by atomic mass is 16.2. The number of hydrogen-bond donors (Lipinski definition) is 1. The molecule has 1 unspecified atom stereocenters. The van der Waals surface area contributed by atoms with Gasteiger partial charge in [-0.05, 0) is 33.5 Å². The quantitative estimate of drug-likeness (QED) is 0.579. The van der Waals surface area contributed by atoms with Gasteiger partial charge in [0, 0.05) is 24.8 Å². The van der Waals surface area contributed by atoms with E-state index in [1.165, 1.54) is 16.4 Å². The van der Waals surface area contributed by atoms with Crippen molar-refractivity contribution in [1.82, 2.24) is 30.1 Å². The average Bonchev–Trinajstić information content (AvgIpc) is 3.34. The number of carbonyl (C=O) groups excluding carboxylic acids is 1. The SMILES string of the molecule is O=C(NCCn1ccc2ccccc21)C(c1ccccc1)n1cnnn1. The third kappa shape index (κ3) is 3.19. The second-order valence-corrected chi connectivity index (χ2v) is 5.96. The molecule has 26 heavy (non-hydrogen) atoms. The fourth-order valence-corrected chi connectivity index (χ4v) is 3.08. The molecule has 2 aromatic carbocycles. The van der Waals surface area contributed by atoms with Crippen LogP contribution in [0.4, 0.5) is 0 Å². The number of para-hydroxylation sites is 1. The Balaban J connectivity index is 1.47. The number of nitrogens with one attached hydrogen (secondary N) is 1. The van der Waals surface area contributed by atoms with Crippen LogP contribution in [-0.2, 0) is 11.3 Å². The second-order valence-electron chi connectivity index (χ2n) is 5.96. The van der Waals surface area contributed by atoms with E-state index in [0.717, 1.165) is 11.1 Å². The highest BCUT2D eigenvalue weighted by molar-refractivity contribution is 5.83. The zero-order chi connectivity index (χ0) is 17.8. The standard InChI is InChI=1S/C19H18N6O/c26-19(18(25-14-21-22-23-25)16-7-2-1-3-8-16)20-11-13-24-12-10-15-6-4-5-9-17(15)24/h1-10,12,14,18H,11,13H2,(H,20,26). The van der Waals surface area contributed by atoms with Gasteiger partial charge in [0.25, 0.3) is 0 Å². The first-order chi connectivity index (χ1) is 12.8. The maximum absolute atomic E-state index is 12.8. The van der Waals surface area contributed by atoms with E-state index in [-0.39, 0.29) is 5.91 Å². The molecule has 1 atom stereocenters. The lowest BCUT2D eigenvalue weighted by Gasteiger charge is -2.17. The van der Waals surface area contributed by atoms with Crippen LogP contribution in [0.25, 0.3) is 10.9 Å². The molecule has 0 saturated heterocycles. The summed E-state index contributed by atoms with van der Waals surface area (Å²) in [6, 6.07) is 19.2. The van der Waals surface area contributed by atoms with Gasteiger partial charge in [-0.1, -0.05) is 48.5 Å². The Kier molecular flexibility index (Phi) is 4.42. The Labute approximate surface area is 150 Å². The summed E-state index contributed by atoms with van der Waals surface area (Å²) in [5.74, 6) is -0.139. The Hall–Kier alpha value is -3.48. The summed E-state index contributed by atoms with van der Waals surface area (Å²) in [6.45, 7) is 1.21. The predicted molar refractivity (Wildman–Crippen MR) is 97.3 cm³/mol. The van der Waals surface area contributed by atoms with E-state index < -0.39 is 6.04 Å². The highest BCUT2D eigenvalue weighted by Gasteiger charge is 2.23. The minimum atomic E-state index is -0.590. The second kappa shape index (κ2) is 7.18. The summed E-state index contributed by atoms with van der Waals surface area (Å²) in [5, 5.41) is 15.4. The molecule has 0 aliphatic rings. The fraction of sp³-hybridized carbons (Fsp3) is 0.158. The normalized spacial score (nSPS) is 12.2. The Morgan fingerprint density at radius 3 is 2.65 bits per heavy atom. The number of nitrogens with zero attached hydrogens (tertiary/aromatic N) is 5. The van der Waals surface area contributed by atoms with Crippen molar-refractivity contribution in [2.75, 3.05) is 6.54 Å². The first kappa shape index (κ1) is 16.0. The molecule has 0 spiro atoms. The van der Waals surface area contributed by atoms with Gasteiger partial charge in [-0.2, -0.15) is 0 Å². The van der Waals surface area contributed by atoms with Gasteiger partial charge in [0.1, 0.15) is 6.33 Å². The van der Waals surface area contributed by atoms with Crippen LogP contribution in [0.1, 0.15) is 11.6 Å². The number of tetrazole rings is 1. The first-order valence-electron chi connectivity index (χ1n) is 8.42. The van der Waals surface area contributed by atoms with E-state index in [1.54, 1.807) is 0 Å². The number of hydrogen-bond acceptors (Lipinski definition) is 4. The van der Waals surface area contributed by atoms with Gasteiger partial charge >= 0.3 is 0 Å². The van der Waals surface area contributed by atoms with Gasteiger partial charge in [-0.25, -0.2) is 4.68 Å². The predicted octanol–water partition coefficient (Wildman–Crippen LogP) is 2.03. The molecule has 0 aliphatic carbocycles. The summed E-state index contributed by atoms with van der Waals surface area (Å²) in [5.41, 5.74) is 1.99. The Bertz CT molecular complexity index is 993. The summed E-state index contributed by atoms with van der Waals surface area (Å²) >= 11 is 0.